The number of aryl methyl sites for hydroxylation is 1. The van der Waals surface area contributed by atoms with Crippen LogP contribution in [-0.4, -0.2) is 21.4 Å². The first-order valence-corrected chi connectivity index (χ1v) is 8.00. The van der Waals surface area contributed by atoms with Crippen LogP contribution in [0.25, 0.3) is 10.8 Å². The highest BCUT2D eigenvalue weighted by molar-refractivity contribution is 6.06. The number of benzene rings is 2. The maximum absolute atomic E-state index is 12.6. The van der Waals surface area contributed by atoms with Gasteiger partial charge in [-0.15, -0.1) is 0 Å². The summed E-state index contributed by atoms with van der Waals surface area (Å²) in [6, 6.07) is 16.6. The molecule has 1 heterocycles. The average molecular weight is 334 g/mol. The molecule has 0 unspecified atom stereocenters. The van der Waals surface area contributed by atoms with Crippen molar-refractivity contribution in [2.75, 3.05) is 0 Å². The monoisotopic (exact) mass is 334 g/mol. The van der Waals surface area contributed by atoms with Crippen molar-refractivity contribution in [1.29, 1.82) is 0 Å². The fraction of sp³-hybridized carbons (Fsp3) is 0.158. The molecule has 0 spiro atoms. The van der Waals surface area contributed by atoms with Crippen LogP contribution < -0.4 is 11.0 Å². The van der Waals surface area contributed by atoms with E-state index in [1.54, 1.807) is 24.3 Å². The van der Waals surface area contributed by atoms with Crippen molar-refractivity contribution in [2.24, 2.45) is 12.1 Å². The number of amides is 1. The molecule has 0 aliphatic rings. The fourth-order valence-electron chi connectivity index (χ4n) is 2.62. The molecule has 1 aromatic heterocycles. The largest absolute Gasteiger partial charge is 0.292 e. The normalized spacial score (nSPS) is 11.5. The lowest BCUT2D eigenvalue weighted by atomic mass is 10.1. The van der Waals surface area contributed by atoms with E-state index in [4.69, 9.17) is 0 Å². The summed E-state index contributed by atoms with van der Waals surface area (Å²) in [6.45, 7) is 1.97. The van der Waals surface area contributed by atoms with E-state index in [1.807, 2.05) is 37.3 Å². The van der Waals surface area contributed by atoms with Crippen molar-refractivity contribution in [1.82, 2.24) is 15.2 Å². The fourth-order valence-corrected chi connectivity index (χ4v) is 2.62. The number of hydrogen-bond donors (Lipinski definition) is 1. The van der Waals surface area contributed by atoms with E-state index < -0.39 is 5.91 Å². The predicted octanol–water partition coefficient (Wildman–Crippen LogP) is 2.48. The van der Waals surface area contributed by atoms with E-state index >= 15 is 0 Å². The summed E-state index contributed by atoms with van der Waals surface area (Å²) in [5.74, 6) is -0.450. The van der Waals surface area contributed by atoms with Gasteiger partial charge in [0.2, 0.25) is 0 Å². The van der Waals surface area contributed by atoms with Crippen molar-refractivity contribution in [3.63, 3.8) is 0 Å². The van der Waals surface area contributed by atoms with Crippen molar-refractivity contribution < 1.29 is 4.79 Å². The summed E-state index contributed by atoms with van der Waals surface area (Å²) in [6.07, 6.45) is 0.672. The first-order chi connectivity index (χ1) is 12.1. The number of nitrogens with one attached hydrogen (secondary N) is 1. The molecule has 25 heavy (non-hydrogen) atoms. The lowest BCUT2D eigenvalue weighted by molar-refractivity contribution is 0.0949. The van der Waals surface area contributed by atoms with Gasteiger partial charge in [0.25, 0.3) is 11.5 Å². The average Bonchev–Trinajstić information content (AvgIpc) is 2.66. The van der Waals surface area contributed by atoms with E-state index in [-0.39, 0.29) is 11.3 Å². The van der Waals surface area contributed by atoms with Gasteiger partial charge in [-0.05, 0) is 18.1 Å². The van der Waals surface area contributed by atoms with Crippen LogP contribution in [-0.2, 0) is 7.05 Å². The predicted molar refractivity (Wildman–Crippen MR) is 97.7 cm³/mol. The number of hydrogen-bond acceptors (Lipinski definition) is 4. The van der Waals surface area contributed by atoms with Gasteiger partial charge in [0.1, 0.15) is 0 Å². The topological polar surface area (TPSA) is 76.3 Å². The lowest BCUT2D eigenvalue weighted by Crippen LogP contribution is -2.27. The van der Waals surface area contributed by atoms with Gasteiger partial charge in [-0.2, -0.15) is 10.2 Å². The minimum atomic E-state index is -0.450. The number of rotatable bonds is 4. The second-order valence-corrected chi connectivity index (χ2v) is 5.54. The molecular formula is C19H18N4O2. The first kappa shape index (κ1) is 16.6. The van der Waals surface area contributed by atoms with Gasteiger partial charge in [0.15, 0.2) is 5.69 Å². The Bertz CT molecular complexity index is 1010. The third-order valence-electron chi connectivity index (χ3n) is 3.91. The Kier molecular flexibility index (Phi) is 4.70. The maximum Gasteiger partial charge on any atom is 0.292 e. The first-order valence-electron chi connectivity index (χ1n) is 8.00. The van der Waals surface area contributed by atoms with E-state index in [1.165, 1.54) is 11.7 Å². The molecule has 0 fully saturated rings. The summed E-state index contributed by atoms with van der Waals surface area (Å²) in [5.41, 5.74) is 4.20. The molecule has 0 aliphatic heterocycles. The Labute approximate surface area is 144 Å². The van der Waals surface area contributed by atoms with Gasteiger partial charge in [-0.1, -0.05) is 55.5 Å². The summed E-state index contributed by atoms with van der Waals surface area (Å²) in [7, 11) is 1.52. The second-order valence-electron chi connectivity index (χ2n) is 5.54. The minimum Gasteiger partial charge on any atom is -0.267 e. The summed E-state index contributed by atoms with van der Waals surface area (Å²) < 4.78 is 1.17. The Morgan fingerprint density at radius 1 is 1.08 bits per heavy atom. The summed E-state index contributed by atoms with van der Waals surface area (Å²) in [4.78, 5) is 24.7. The zero-order valence-corrected chi connectivity index (χ0v) is 14.1. The molecule has 2 aromatic carbocycles. The summed E-state index contributed by atoms with van der Waals surface area (Å²) >= 11 is 0. The Hall–Kier alpha value is -3.28. The van der Waals surface area contributed by atoms with Crippen LogP contribution in [0.4, 0.5) is 0 Å². The number of carbonyl (C=O) groups is 1. The molecule has 0 saturated carbocycles. The van der Waals surface area contributed by atoms with Crippen LogP contribution in [0, 0.1) is 0 Å². The molecule has 0 saturated heterocycles. The smallest absolute Gasteiger partial charge is 0.267 e. The van der Waals surface area contributed by atoms with E-state index in [0.717, 1.165) is 11.3 Å². The molecule has 0 aliphatic carbocycles. The van der Waals surface area contributed by atoms with Crippen LogP contribution >= 0.6 is 0 Å². The number of hydrazone groups is 1. The number of fused-ring (bicyclic) bond motifs is 1. The van der Waals surface area contributed by atoms with Gasteiger partial charge in [0, 0.05) is 12.4 Å². The van der Waals surface area contributed by atoms with E-state index in [2.05, 4.69) is 15.6 Å². The number of nitrogens with zero attached hydrogens (tertiary/aromatic N) is 3. The van der Waals surface area contributed by atoms with Crippen molar-refractivity contribution in [3.8, 4) is 0 Å². The SMILES string of the molecule is CC/C(=N\NC(=O)c1nn(C)c(=O)c2ccccc12)c1ccccc1. The van der Waals surface area contributed by atoms with Gasteiger partial charge < -0.3 is 0 Å². The molecule has 0 radical (unpaired) electrons. The quantitative estimate of drug-likeness (QED) is 0.588. The minimum absolute atomic E-state index is 0.171. The van der Waals surface area contributed by atoms with Gasteiger partial charge in [-0.25, -0.2) is 10.1 Å². The van der Waals surface area contributed by atoms with Crippen LogP contribution in [0.5, 0.6) is 0 Å². The van der Waals surface area contributed by atoms with Gasteiger partial charge >= 0.3 is 0 Å². The zero-order valence-electron chi connectivity index (χ0n) is 14.1. The number of carbonyl (C=O) groups excluding carboxylic acids is 1. The molecule has 1 N–H and O–H groups in total. The van der Waals surface area contributed by atoms with Crippen LogP contribution in [0.3, 0.4) is 0 Å². The highest BCUT2D eigenvalue weighted by Gasteiger charge is 2.15. The molecule has 3 aromatic rings. The molecule has 6 nitrogen and oxygen atoms in total. The highest BCUT2D eigenvalue weighted by atomic mass is 16.2. The number of aromatic nitrogens is 2. The third kappa shape index (κ3) is 3.33. The van der Waals surface area contributed by atoms with Crippen molar-refractivity contribution in [2.45, 2.75) is 13.3 Å². The van der Waals surface area contributed by atoms with Crippen molar-refractivity contribution >= 4 is 22.4 Å². The van der Waals surface area contributed by atoms with Crippen molar-refractivity contribution in [3.05, 3.63) is 76.2 Å². The molecule has 1 amide bonds. The molecule has 126 valence electrons. The van der Waals surface area contributed by atoms with Crippen LogP contribution in [0.2, 0.25) is 0 Å². The maximum atomic E-state index is 12.6. The molecular weight excluding hydrogens is 316 g/mol. The standard InChI is InChI=1S/C19H18N4O2/c1-3-16(13-9-5-4-6-10-13)20-21-18(24)17-14-11-7-8-12-15(14)19(25)23(2)22-17/h4-12H,3H2,1-2H3,(H,21,24)/b20-16+. The van der Waals surface area contributed by atoms with E-state index in [9.17, 15) is 9.59 Å². The zero-order chi connectivity index (χ0) is 17.8. The molecule has 0 atom stereocenters. The summed E-state index contributed by atoms with van der Waals surface area (Å²) in [5, 5.41) is 9.30. The molecule has 6 heteroatoms. The van der Waals surface area contributed by atoms with Crippen LogP contribution in [0.1, 0.15) is 29.4 Å². The second kappa shape index (κ2) is 7.09. The van der Waals surface area contributed by atoms with Crippen LogP contribution in [0.15, 0.2) is 64.5 Å². The Morgan fingerprint density at radius 2 is 1.72 bits per heavy atom. The van der Waals surface area contributed by atoms with Gasteiger partial charge in [0.05, 0.1) is 11.1 Å². The van der Waals surface area contributed by atoms with Gasteiger partial charge in [-0.3, -0.25) is 9.59 Å². The Morgan fingerprint density at radius 3 is 2.40 bits per heavy atom. The third-order valence-corrected chi connectivity index (χ3v) is 3.91. The van der Waals surface area contributed by atoms with E-state index in [0.29, 0.717) is 17.2 Å². The molecule has 0 bridgehead atoms. The lowest BCUT2D eigenvalue weighted by Gasteiger charge is -2.08. The molecule has 3 rings (SSSR count). The Balaban J connectivity index is 1.97. The highest BCUT2D eigenvalue weighted by Crippen LogP contribution is 2.13.